The van der Waals surface area contributed by atoms with E-state index in [4.69, 9.17) is 4.42 Å². The maximum Gasteiger partial charge on any atom is 0.244 e. The molecule has 1 aromatic rings. The Labute approximate surface area is 146 Å². The average Bonchev–Trinajstić information content (AvgIpc) is 2.89. The molecular weight excluding hydrogens is 391 g/mol. The first-order valence-electron chi connectivity index (χ1n) is 7.83. The maximum atomic E-state index is 12.0. The Morgan fingerprint density at radius 3 is 2.95 bits per heavy atom. The van der Waals surface area contributed by atoms with Gasteiger partial charge in [0.1, 0.15) is 5.76 Å². The molecule has 0 radical (unpaired) electrons. The summed E-state index contributed by atoms with van der Waals surface area (Å²) in [6.07, 6.45) is 5.79. The normalized spacial score (nSPS) is 20.5. The number of rotatable bonds is 5. The first-order valence-corrected chi connectivity index (χ1v) is 8.91. The number of nitrogens with one attached hydrogen (secondary N) is 1. The van der Waals surface area contributed by atoms with Crippen LogP contribution in [0.3, 0.4) is 0 Å². The molecule has 0 spiro atoms. The minimum Gasteiger partial charge on any atom is -0.451 e. The molecular formula is C17H25IN2O2. The van der Waals surface area contributed by atoms with Crippen LogP contribution in [0.5, 0.6) is 0 Å². The monoisotopic (exact) mass is 416 g/mol. The highest BCUT2D eigenvalue weighted by molar-refractivity contribution is 14.1. The number of amides is 1. The number of likely N-dealkylation sites (tertiary alicyclic amines) is 1. The number of hydrogen-bond acceptors (Lipinski definition) is 3. The molecule has 1 atom stereocenters. The van der Waals surface area contributed by atoms with Gasteiger partial charge in [-0.25, -0.2) is 0 Å². The second-order valence-corrected chi connectivity index (χ2v) is 7.76. The Balaban J connectivity index is 1.82. The summed E-state index contributed by atoms with van der Waals surface area (Å²) in [6.45, 7) is 9.58. The van der Waals surface area contributed by atoms with Crippen molar-refractivity contribution in [2.24, 2.45) is 5.92 Å². The minimum atomic E-state index is -0.0791. The fourth-order valence-corrected chi connectivity index (χ4v) is 3.22. The molecule has 0 aromatic carbocycles. The Bertz CT molecular complexity index is 537. The van der Waals surface area contributed by atoms with Crippen LogP contribution in [0, 0.1) is 9.68 Å². The Morgan fingerprint density at radius 1 is 1.55 bits per heavy atom. The van der Waals surface area contributed by atoms with E-state index in [1.165, 1.54) is 18.9 Å². The lowest BCUT2D eigenvalue weighted by atomic mass is 9.93. The van der Waals surface area contributed by atoms with Crippen molar-refractivity contribution in [2.75, 3.05) is 19.6 Å². The molecule has 5 heteroatoms. The van der Waals surface area contributed by atoms with Gasteiger partial charge in [-0.2, -0.15) is 0 Å². The van der Waals surface area contributed by atoms with Crippen molar-refractivity contribution in [1.82, 2.24) is 10.2 Å². The zero-order valence-corrected chi connectivity index (χ0v) is 15.7. The molecule has 0 saturated carbocycles. The summed E-state index contributed by atoms with van der Waals surface area (Å²) >= 11 is 2.10. The van der Waals surface area contributed by atoms with Crippen LogP contribution in [-0.4, -0.2) is 36.0 Å². The third-order valence-corrected chi connectivity index (χ3v) is 4.78. The van der Waals surface area contributed by atoms with Crippen LogP contribution in [0.4, 0.5) is 0 Å². The quantitative estimate of drug-likeness (QED) is 0.590. The van der Waals surface area contributed by atoms with Gasteiger partial charge in [-0.1, -0.05) is 6.92 Å². The predicted octanol–water partition coefficient (Wildman–Crippen LogP) is 3.52. The van der Waals surface area contributed by atoms with Crippen LogP contribution < -0.4 is 5.32 Å². The molecule has 4 nitrogen and oxygen atoms in total. The van der Waals surface area contributed by atoms with Crippen LogP contribution in [0.2, 0.25) is 0 Å². The third-order valence-electron chi connectivity index (χ3n) is 4.20. The van der Waals surface area contributed by atoms with E-state index in [0.717, 1.165) is 22.8 Å². The lowest BCUT2D eigenvalue weighted by Gasteiger charge is -2.43. The van der Waals surface area contributed by atoms with Crippen LogP contribution in [0.1, 0.15) is 39.4 Å². The summed E-state index contributed by atoms with van der Waals surface area (Å²) in [5.41, 5.74) is -0.0156. The lowest BCUT2D eigenvalue weighted by molar-refractivity contribution is -0.117. The summed E-state index contributed by atoms with van der Waals surface area (Å²) in [7, 11) is 0. The van der Waals surface area contributed by atoms with E-state index in [2.05, 4.69) is 53.6 Å². The van der Waals surface area contributed by atoms with E-state index < -0.39 is 0 Å². The molecule has 22 heavy (non-hydrogen) atoms. The first kappa shape index (κ1) is 17.5. The number of carbonyl (C=O) groups excluding carboxylic acids is 1. The van der Waals surface area contributed by atoms with Crippen molar-refractivity contribution in [3.8, 4) is 0 Å². The fraction of sp³-hybridized carbons (Fsp3) is 0.588. The molecule has 1 unspecified atom stereocenters. The van der Waals surface area contributed by atoms with Gasteiger partial charge in [-0.3, -0.25) is 9.69 Å². The summed E-state index contributed by atoms with van der Waals surface area (Å²) in [5.74, 6) is 1.36. The van der Waals surface area contributed by atoms with E-state index in [1.807, 2.05) is 12.1 Å². The summed E-state index contributed by atoms with van der Waals surface area (Å²) in [4.78, 5) is 14.4. The SMILES string of the molecule is CC1CCCN(C(C)(C)CNC(=O)/C=C/c2ccc(I)o2)C1. The summed E-state index contributed by atoms with van der Waals surface area (Å²) in [5, 5.41) is 3.00. The van der Waals surface area contributed by atoms with Crippen molar-refractivity contribution >= 4 is 34.6 Å². The van der Waals surface area contributed by atoms with E-state index in [-0.39, 0.29) is 11.4 Å². The second kappa shape index (κ2) is 7.64. The van der Waals surface area contributed by atoms with Gasteiger partial charge < -0.3 is 9.73 Å². The second-order valence-electron chi connectivity index (χ2n) is 6.70. The van der Waals surface area contributed by atoms with Crippen molar-refractivity contribution in [3.63, 3.8) is 0 Å². The number of carbonyl (C=O) groups is 1. The van der Waals surface area contributed by atoms with Gasteiger partial charge in [0, 0.05) is 24.7 Å². The number of furan rings is 1. The van der Waals surface area contributed by atoms with Gasteiger partial charge in [0.2, 0.25) is 5.91 Å². The van der Waals surface area contributed by atoms with Gasteiger partial charge in [0.05, 0.1) is 0 Å². The highest BCUT2D eigenvalue weighted by Gasteiger charge is 2.30. The van der Waals surface area contributed by atoms with E-state index in [0.29, 0.717) is 12.3 Å². The molecule has 2 heterocycles. The lowest BCUT2D eigenvalue weighted by Crippen LogP contribution is -2.54. The van der Waals surface area contributed by atoms with Gasteiger partial charge >= 0.3 is 0 Å². The molecule has 122 valence electrons. The fourth-order valence-electron chi connectivity index (χ4n) is 2.79. The molecule has 1 aliphatic rings. The highest BCUT2D eigenvalue weighted by Crippen LogP contribution is 2.23. The smallest absolute Gasteiger partial charge is 0.244 e. The van der Waals surface area contributed by atoms with Crippen molar-refractivity contribution < 1.29 is 9.21 Å². The van der Waals surface area contributed by atoms with Gasteiger partial charge in [0.25, 0.3) is 0 Å². The molecule has 1 aliphatic heterocycles. The molecule has 0 aliphatic carbocycles. The Kier molecular flexibility index (Phi) is 6.09. The zero-order chi connectivity index (χ0) is 16.2. The average molecular weight is 416 g/mol. The molecule has 1 saturated heterocycles. The van der Waals surface area contributed by atoms with Crippen LogP contribution in [-0.2, 0) is 4.79 Å². The van der Waals surface area contributed by atoms with Gasteiger partial charge in [0.15, 0.2) is 3.77 Å². The largest absolute Gasteiger partial charge is 0.451 e. The standard InChI is InChI=1S/C17H25IN2O2/c1-13-5-4-10-20(11-13)17(2,3)12-19-16(21)9-7-14-6-8-15(18)22-14/h6-9,13H,4-5,10-12H2,1-3H3,(H,19,21)/b9-7+. The van der Waals surface area contributed by atoms with Gasteiger partial charge in [-0.05, 0) is 80.0 Å². The Hall–Kier alpha value is -0.820. The number of halogens is 1. The van der Waals surface area contributed by atoms with Crippen LogP contribution in [0.25, 0.3) is 6.08 Å². The highest BCUT2D eigenvalue weighted by atomic mass is 127. The number of piperidine rings is 1. The summed E-state index contributed by atoms with van der Waals surface area (Å²) in [6, 6.07) is 3.73. The van der Waals surface area contributed by atoms with Crippen LogP contribution in [0.15, 0.2) is 22.6 Å². The Morgan fingerprint density at radius 2 is 2.32 bits per heavy atom. The molecule has 1 aromatic heterocycles. The van der Waals surface area contributed by atoms with E-state index in [1.54, 1.807) is 6.08 Å². The maximum absolute atomic E-state index is 12.0. The van der Waals surface area contributed by atoms with Crippen molar-refractivity contribution in [2.45, 2.75) is 39.2 Å². The number of hydrogen-bond donors (Lipinski definition) is 1. The van der Waals surface area contributed by atoms with Crippen molar-refractivity contribution in [3.05, 3.63) is 27.7 Å². The predicted molar refractivity (Wildman–Crippen MR) is 97.5 cm³/mol. The minimum absolute atomic E-state index is 0.0156. The topological polar surface area (TPSA) is 45.5 Å². The zero-order valence-electron chi connectivity index (χ0n) is 13.6. The molecule has 0 bridgehead atoms. The van der Waals surface area contributed by atoms with Crippen LogP contribution >= 0.6 is 22.6 Å². The molecule has 1 fully saturated rings. The van der Waals surface area contributed by atoms with Crippen molar-refractivity contribution in [1.29, 1.82) is 0 Å². The summed E-state index contributed by atoms with van der Waals surface area (Å²) < 4.78 is 6.22. The molecule has 1 N–H and O–H groups in total. The van der Waals surface area contributed by atoms with E-state index in [9.17, 15) is 4.79 Å². The third kappa shape index (κ3) is 5.12. The van der Waals surface area contributed by atoms with E-state index >= 15 is 0 Å². The molecule has 2 rings (SSSR count). The molecule has 1 amide bonds. The van der Waals surface area contributed by atoms with Gasteiger partial charge in [-0.15, -0.1) is 0 Å². The first-order chi connectivity index (χ1) is 10.4. The number of nitrogens with zero attached hydrogens (tertiary/aromatic N) is 1.